The van der Waals surface area contributed by atoms with E-state index in [1.165, 1.54) is 0 Å². The molecule has 1 aromatic heterocycles. The van der Waals surface area contributed by atoms with Crippen LogP contribution in [0.4, 0.5) is 0 Å². The third kappa shape index (κ3) is 3.95. The van der Waals surface area contributed by atoms with E-state index in [0.29, 0.717) is 22.7 Å². The summed E-state index contributed by atoms with van der Waals surface area (Å²) in [7, 11) is 0. The third-order valence-electron chi connectivity index (χ3n) is 4.15. The summed E-state index contributed by atoms with van der Waals surface area (Å²) in [4.78, 5) is 12.8. The first-order valence-corrected chi connectivity index (χ1v) is 8.83. The first-order valence-electron chi connectivity index (χ1n) is 8.45. The van der Waals surface area contributed by atoms with Crippen LogP contribution in [-0.2, 0) is 0 Å². The summed E-state index contributed by atoms with van der Waals surface area (Å²) in [6.45, 7) is 1.81. The van der Waals surface area contributed by atoms with E-state index in [0.717, 1.165) is 11.3 Å². The number of nitrogens with one attached hydrogen (secondary N) is 1. The Balaban J connectivity index is 2.04. The fraction of sp³-hybridized carbons (Fsp3) is 0.200. The lowest BCUT2D eigenvalue weighted by atomic mass is 10.1. The average Bonchev–Trinajstić information content (AvgIpc) is 3.13. The fourth-order valence-corrected chi connectivity index (χ4v) is 2.74. The number of aliphatic hydroxyl groups is 1. The Morgan fingerprint density at radius 2 is 1.88 bits per heavy atom. The number of carbonyl (C=O) groups is 1. The van der Waals surface area contributed by atoms with Crippen LogP contribution in [0.1, 0.15) is 23.7 Å². The normalized spacial score (nSPS) is 12.0. The minimum absolute atomic E-state index is 0.106. The Hall–Kier alpha value is -2.63. The Bertz CT molecular complexity index is 872. The maximum Gasteiger partial charge on any atom is 0.255 e. The minimum atomic E-state index is -0.291. The smallest absolute Gasteiger partial charge is 0.255 e. The van der Waals surface area contributed by atoms with E-state index in [1.54, 1.807) is 23.0 Å². The van der Waals surface area contributed by atoms with E-state index >= 15 is 0 Å². The van der Waals surface area contributed by atoms with E-state index in [1.807, 2.05) is 49.4 Å². The topological polar surface area (TPSA) is 67.2 Å². The molecule has 0 fully saturated rings. The molecular formula is C20H20ClN3O2. The molecule has 3 aromatic rings. The molecule has 0 bridgehead atoms. The maximum absolute atomic E-state index is 12.8. The van der Waals surface area contributed by atoms with Crippen molar-refractivity contribution in [3.05, 3.63) is 71.4 Å². The summed E-state index contributed by atoms with van der Waals surface area (Å²) in [5, 5.41) is 17.5. The number of para-hydroxylation sites is 1. The van der Waals surface area contributed by atoms with Crippen LogP contribution in [-0.4, -0.2) is 33.4 Å². The first kappa shape index (κ1) is 18.2. The van der Waals surface area contributed by atoms with Crippen molar-refractivity contribution in [2.24, 2.45) is 0 Å². The van der Waals surface area contributed by atoms with Crippen LogP contribution in [0.15, 0.2) is 60.8 Å². The number of aromatic nitrogens is 2. The quantitative estimate of drug-likeness (QED) is 0.696. The summed E-state index contributed by atoms with van der Waals surface area (Å²) >= 11 is 5.98. The van der Waals surface area contributed by atoms with E-state index in [4.69, 9.17) is 11.6 Å². The molecule has 134 valence electrons. The van der Waals surface area contributed by atoms with Gasteiger partial charge in [0.1, 0.15) is 5.69 Å². The Morgan fingerprint density at radius 1 is 1.19 bits per heavy atom. The van der Waals surface area contributed by atoms with Gasteiger partial charge >= 0.3 is 0 Å². The van der Waals surface area contributed by atoms with Gasteiger partial charge < -0.3 is 10.4 Å². The average molecular weight is 370 g/mol. The zero-order valence-electron chi connectivity index (χ0n) is 14.4. The highest BCUT2D eigenvalue weighted by atomic mass is 35.5. The Labute approximate surface area is 157 Å². The monoisotopic (exact) mass is 369 g/mol. The Kier molecular flexibility index (Phi) is 5.71. The van der Waals surface area contributed by atoms with Gasteiger partial charge in [0.25, 0.3) is 5.91 Å². The number of rotatable bonds is 6. The van der Waals surface area contributed by atoms with Crippen molar-refractivity contribution in [2.75, 3.05) is 6.61 Å². The molecule has 5 nitrogen and oxygen atoms in total. The lowest BCUT2D eigenvalue weighted by molar-refractivity contribution is 0.0915. The van der Waals surface area contributed by atoms with Crippen LogP contribution in [0, 0.1) is 0 Å². The molecule has 2 N–H and O–H groups in total. The molecule has 1 heterocycles. The second kappa shape index (κ2) is 8.17. The van der Waals surface area contributed by atoms with Crippen LogP contribution < -0.4 is 5.32 Å². The second-order valence-electron chi connectivity index (χ2n) is 5.94. The van der Waals surface area contributed by atoms with Crippen molar-refractivity contribution < 1.29 is 9.90 Å². The molecule has 0 spiro atoms. The third-order valence-corrected chi connectivity index (χ3v) is 4.40. The zero-order valence-corrected chi connectivity index (χ0v) is 15.1. The van der Waals surface area contributed by atoms with E-state index in [2.05, 4.69) is 10.4 Å². The number of aliphatic hydroxyl groups excluding tert-OH is 1. The second-order valence-corrected chi connectivity index (χ2v) is 6.38. The van der Waals surface area contributed by atoms with Gasteiger partial charge in [-0.05, 0) is 30.7 Å². The van der Waals surface area contributed by atoms with Gasteiger partial charge in [0.2, 0.25) is 0 Å². The van der Waals surface area contributed by atoms with Crippen molar-refractivity contribution >= 4 is 17.5 Å². The molecule has 6 heteroatoms. The van der Waals surface area contributed by atoms with E-state index in [-0.39, 0.29) is 18.6 Å². The number of benzene rings is 2. The maximum atomic E-state index is 12.8. The molecule has 0 aliphatic carbocycles. The molecule has 2 aromatic carbocycles. The minimum Gasteiger partial charge on any atom is -0.394 e. The lowest BCUT2D eigenvalue weighted by Crippen LogP contribution is -2.37. The molecule has 1 atom stereocenters. The van der Waals surface area contributed by atoms with Gasteiger partial charge in [0.15, 0.2) is 0 Å². The van der Waals surface area contributed by atoms with Gasteiger partial charge in [-0.3, -0.25) is 4.79 Å². The standard InChI is InChI=1S/C20H20ClN3O2/c1-2-16(13-25)22-20(26)18-12-24(17-6-4-3-5-7-17)23-19(18)14-8-10-15(21)11-9-14/h3-12,16,25H,2,13H2,1H3,(H,22,26)/t16-/m0/s1. The molecule has 0 aliphatic heterocycles. The fourth-order valence-electron chi connectivity index (χ4n) is 2.61. The SMILES string of the molecule is CC[C@@H](CO)NC(=O)c1cn(-c2ccccc2)nc1-c1ccc(Cl)cc1. The number of hydrogen-bond acceptors (Lipinski definition) is 3. The van der Waals surface area contributed by atoms with Crippen molar-refractivity contribution in [3.8, 4) is 16.9 Å². The van der Waals surface area contributed by atoms with Gasteiger partial charge in [-0.1, -0.05) is 48.9 Å². The van der Waals surface area contributed by atoms with Crippen LogP contribution in [0.2, 0.25) is 5.02 Å². The van der Waals surface area contributed by atoms with Crippen molar-refractivity contribution in [2.45, 2.75) is 19.4 Å². The molecule has 3 rings (SSSR count). The van der Waals surface area contributed by atoms with Gasteiger partial charge in [0.05, 0.1) is 23.9 Å². The van der Waals surface area contributed by atoms with Crippen molar-refractivity contribution in [1.29, 1.82) is 0 Å². The molecule has 0 saturated carbocycles. The van der Waals surface area contributed by atoms with Crippen LogP contribution in [0.3, 0.4) is 0 Å². The largest absolute Gasteiger partial charge is 0.394 e. The predicted molar refractivity (Wildman–Crippen MR) is 103 cm³/mol. The van der Waals surface area contributed by atoms with Crippen molar-refractivity contribution in [1.82, 2.24) is 15.1 Å². The van der Waals surface area contributed by atoms with Gasteiger partial charge in [-0.15, -0.1) is 0 Å². The highest BCUT2D eigenvalue weighted by molar-refractivity contribution is 6.30. The summed E-state index contributed by atoms with van der Waals surface area (Å²) in [6, 6.07) is 16.5. The summed E-state index contributed by atoms with van der Waals surface area (Å²) in [5.41, 5.74) is 2.67. The van der Waals surface area contributed by atoms with Crippen LogP contribution in [0.5, 0.6) is 0 Å². The summed E-state index contributed by atoms with van der Waals surface area (Å²) in [5.74, 6) is -0.266. The summed E-state index contributed by atoms with van der Waals surface area (Å²) < 4.78 is 1.68. The number of nitrogens with zero attached hydrogens (tertiary/aromatic N) is 2. The van der Waals surface area contributed by atoms with Gasteiger partial charge in [-0.2, -0.15) is 5.10 Å². The first-order chi connectivity index (χ1) is 12.6. The van der Waals surface area contributed by atoms with Gasteiger partial charge in [-0.25, -0.2) is 4.68 Å². The molecule has 0 radical (unpaired) electrons. The molecule has 0 saturated heterocycles. The molecule has 26 heavy (non-hydrogen) atoms. The molecule has 1 amide bonds. The number of halogens is 1. The predicted octanol–water partition coefficient (Wildman–Crippen LogP) is 3.69. The van der Waals surface area contributed by atoms with Crippen LogP contribution in [0.25, 0.3) is 16.9 Å². The molecule has 0 aliphatic rings. The van der Waals surface area contributed by atoms with Crippen molar-refractivity contribution in [3.63, 3.8) is 0 Å². The van der Waals surface area contributed by atoms with Gasteiger partial charge in [0, 0.05) is 16.8 Å². The number of carbonyl (C=O) groups excluding carboxylic acids is 1. The number of amides is 1. The molecule has 0 unspecified atom stereocenters. The Morgan fingerprint density at radius 3 is 2.50 bits per heavy atom. The lowest BCUT2D eigenvalue weighted by Gasteiger charge is -2.13. The highest BCUT2D eigenvalue weighted by Gasteiger charge is 2.20. The van der Waals surface area contributed by atoms with Crippen LogP contribution >= 0.6 is 11.6 Å². The number of hydrogen-bond donors (Lipinski definition) is 2. The highest BCUT2D eigenvalue weighted by Crippen LogP contribution is 2.25. The van der Waals surface area contributed by atoms with E-state index < -0.39 is 0 Å². The summed E-state index contributed by atoms with van der Waals surface area (Å²) in [6.07, 6.45) is 2.35. The zero-order chi connectivity index (χ0) is 18.5. The van der Waals surface area contributed by atoms with E-state index in [9.17, 15) is 9.90 Å². The molecular weight excluding hydrogens is 350 g/mol.